The maximum absolute atomic E-state index is 11.9. The van der Waals surface area contributed by atoms with Crippen molar-refractivity contribution in [1.29, 1.82) is 0 Å². The Hall–Kier alpha value is -2.18. The van der Waals surface area contributed by atoms with Crippen LogP contribution in [-0.4, -0.2) is 34.6 Å². The second-order valence-corrected chi connectivity index (χ2v) is 4.17. The quantitative estimate of drug-likeness (QED) is 0.745. The normalized spacial score (nSPS) is 11.8. The summed E-state index contributed by atoms with van der Waals surface area (Å²) in [5, 5.41) is 2.45. The summed E-state index contributed by atoms with van der Waals surface area (Å²) in [7, 11) is 1.22. The minimum Gasteiger partial charge on any atom is -0.467 e. The molecule has 1 aromatic rings. The molecule has 1 atom stereocenters. The second-order valence-electron chi connectivity index (χ2n) is 4.17. The second kappa shape index (κ2) is 6.12. The molecule has 0 radical (unpaired) electrons. The standard InChI is InChI=1S/C12H17N3O4/c1-7-5-11(17)15(8(2)13-7)6-10(12(18)19-4)14-9(3)16/h5,10H,6H2,1-4H3,(H,14,16). The Kier molecular flexibility index (Phi) is 4.80. The van der Waals surface area contributed by atoms with Crippen molar-refractivity contribution in [3.8, 4) is 0 Å². The predicted octanol–water partition coefficient (Wildman–Crippen LogP) is -0.462. The number of rotatable bonds is 4. The van der Waals surface area contributed by atoms with E-state index in [9.17, 15) is 14.4 Å². The van der Waals surface area contributed by atoms with Gasteiger partial charge in [-0.05, 0) is 13.8 Å². The molecule has 7 heteroatoms. The molecule has 0 spiro atoms. The highest BCUT2D eigenvalue weighted by molar-refractivity contribution is 5.83. The number of methoxy groups -OCH3 is 1. The summed E-state index contributed by atoms with van der Waals surface area (Å²) >= 11 is 0. The van der Waals surface area contributed by atoms with Gasteiger partial charge in [0, 0.05) is 18.7 Å². The van der Waals surface area contributed by atoms with Crippen LogP contribution in [0.4, 0.5) is 0 Å². The lowest BCUT2D eigenvalue weighted by Crippen LogP contribution is -2.45. The summed E-state index contributed by atoms with van der Waals surface area (Å²) in [6, 6.07) is 0.457. The zero-order chi connectivity index (χ0) is 14.6. The number of carbonyl (C=O) groups is 2. The van der Waals surface area contributed by atoms with E-state index in [1.807, 2.05) is 0 Å². The molecule has 0 fully saturated rings. The van der Waals surface area contributed by atoms with Gasteiger partial charge in [-0.1, -0.05) is 0 Å². The maximum atomic E-state index is 11.9. The molecule has 0 aliphatic carbocycles. The highest BCUT2D eigenvalue weighted by atomic mass is 16.5. The largest absolute Gasteiger partial charge is 0.467 e. The summed E-state index contributed by atoms with van der Waals surface area (Å²) in [6.07, 6.45) is 0. The zero-order valence-electron chi connectivity index (χ0n) is 11.4. The van der Waals surface area contributed by atoms with Gasteiger partial charge in [0.15, 0.2) is 0 Å². The van der Waals surface area contributed by atoms with Gasteiger partial charge in [0.2, 0.25) is 5.91 Å². The molecule has 1 rings (SSSR count). The van der Waals surface area contributed by atoms with Crippen LogP contribution in [0.3, 0.4) is 0 Å². The van der Waals surface area contributed by atoms with E-state index >= 15 is 0 Å². The fourth-order valence-corrected chi connectivity index (χ4v) is 1.74. The monoisotopic (exact) mass is 267 g/mol. The Morgan fingerprint density at radius 3 is 2.58 bits per heavy atom. The lowest BCUT2D eigenvalue weighted by atomic mass is 10.2. The van der Waals surface area contributed by atoms with Crippen molar-refractivity contribution in [2.24, 2.45) is 0 Å². The van der Waals surface area contributed by atoms with Crippen LogP contribution in [0.15, 0.2) is 10.9 Å². The molecular weight excluding hydrogens is 250 g/mol. The van der Waals surface area contributed by atoms with E-state index in [-0.39, 0.29) is 18.0 Å². The molecule has 0 aliphatic heterocycles. The zero-order valence-corrected chi connectivity index (χ0v) is 11.4. The molecule has 1 aromatic heterocycles. The van der Waals surface area contributed by atoms with Gasteiger partial charge in [-0.3, -0.25) is 14.2 Å². The SMILES string of the molecule is COC(=O)C(Cn1c(C)nc(C)cc1=O)NC(C)=O. The van der Waals surface area contributed by atoms with Crippen LogP contribution in [0.1, 0.15) is 18.4 Å². The third kappa shape index (κ3) is 3.90. The minimum atomic E-state index is -0.914. The van der Waals surface area contributed by atoms with Gasteiger partial charge in [-0.2, -0.15) is 0 Å². The topological polar surface area (TPSA) is 90.3 Å². The van der Waals surface area contributed by atoms with E-state index in [1.165, 1.54) is 24.7 Å². The van der Waals surface area contributed by atoms with Crippen molar-refractivity contribution in [1.82, 2.24) is 14.9 Å². The average Bonchev–Trinajstić information content (AvgIpc) is 2.30. The Morgan fingerprint density at radius 2 is 2.11 bits per heavy atom. The molecule has 0 saturated carbocycles. The molecule has 104 valence electrons. The lowest BCUT2D eigenvalue weighted by Gasteiger charge is -2.18. The smallest absolute Gasteiger partial charge is 0.330 e. The van der Waals surface area contributed by atoms with Crippen LogP contribution in [0, 0.1) is 13.8 Å². The Bertz CT molecular complexity index is 550. The fourth-order valence-electron chi connectivity index (χ4n) is 1.74. The van der Waals surface area contributed by atoms with Crippen molar-refractivity contribution in [2.45, 2.75) is 33.4 Å². The first-order chi connectivity index (χ1) is 8.85. The van der Waals surface area contributed by atoms with Gasteiger partial charge in [0.05, 0.1) is 13.7 Å². The molecule has 0 aliphatic rings. The van der Waals surface area contributed by atoms with Crippen molar-refractivity contribution in [3.63, 3.8) is 0 Å². The lowest BCUT2D eigenvalue weighted by molar-refractivity contribution is -0.145. The number of aryl methyl sites for hydroxylation is 2. The molecule has 1 heterocycles. The van der Waals surface area contributed by atoms with E-state index in [4.69, 9.17) is 0 Å². The molecule has 19 heavy (non-hydrogen) atoms. The molecule has 1 unspecified atom stereocenters. The number of esters is 1. The highest BCUT2D eigenvalue weighted by Gasteiger charge is 2.22. The van der Waals surface area contributed by atoms with Gasteiger partial charge >= 0.3 is 5.97 Å². The Labute approximate surface area is 110 Å². The number of amides is 1. The highest BCUT2D eigenvalue weighted by Crippen LogP contribution is 1.98. The van der Waals surface area contributed by atoms with Crippen molar-refractivity contribution < 1.29 is 14.3 Å². The number of aromatic nitrogens is 2. The van der Waals surface area contributed by atoms with Crippen LogP contribution < -0.4 is 10.9 Å². The van der Waals surface area contributed by atoms with E-state index in [0.29, 0.717) is 11.5 Å². The van der Waals surface area contributed by atoms with Crippen LogP contribution in [0.5, 0.6) is 0 Å². The summed E-state index contributed by atoms with van der Waals surface area (Å²) in [5.74, 6) is -0.507. The van der Waals surface area contributed by atoms with E-state index in [0.717, 1.165) is 0 Å². The van der Waals surface area contributed by atoms with Crippen molar-refractivity contribution in [3.05, 3.63) is 27.9 Å². The molecule has 1 N–H and O–H groups in total. The maximum Gasteiger partial charge on any atom is 0.330 e. The summed E-state index contributed by atoms with van der Waals surface area (Å²) in [6.45, 7) is 4.66. The first kappa shape index (κ1) is 14.9. The van der Waals surface area contributed by atoms with Crippen LogP contribution in [0.2, 0.25) is 0 Å². The van der Waals surface area contributed by atoms with Gasteiger partial charge in [0.25, 0.3) is 5.56 Å². The summed E-state index contributed by atoms with van der Waals surface area (Å²) in [5.41, 5.74) is 0.331. The van der Waals surface area contributed by atoms with Crippen molar-refractivity contribution >= 4 is 11.9 Å². The third-order valence-electron chi connectivity index (χ3n) is 2.56. The predicted molar refractivity (Wildman–Crippen MR) is 67.6 cm³/mol. The van der Waals surface area contributed by atoms with Gasteiger partial charge in [-0.25, -0.2) is 9.78 Å². The van der Waals surface area contributed by atoms with Crippen LogP contribution in [-0.2, 0) is 20.9 Å². The minimum absolute atomic E-state index is 0.00972. The average molecular weight is 267 g/mol. The number of nitrogens with zero attached hydrogens (tertiary/aromatic N) is 2. The molecule has 1 amide bonds. The summed E-state index contributed by atoms with van der Waals surface area (Å²) < 4.78 is 5.92. The molecule has 0 aromatic carbocycles. The van der Waals surface area contributed by atoms with Crippen LogP contribution >= 0.6 is 0 Å². The van der Waals surface area contributed by atoms with E-state index in [2.05, 4.69) is 15.0 Å². The number of ether oxygens (including phenoxy) is 1. The van der Waals surface area contributed by atoms with E-state index in [1.54, 1.807) is 13.8 Å². The third-order valence-corrected chi connectivity index (χ3v) is 2.56. The fraction of sp³-hybridized carbons (Fsp3) is 0.500. The molecular formula is C12H17N3O4. The van der Waals surface area contributed by atoms with Crippen LogP contribution in [0.25, 0.3) is 0 Å². The summed E-state index contributed by atoms with van der Waals surface area (Å²) in [4.78, 5) is 38.6. The van der Waals surface area contributed by atoms with E-state index < -0.39 is 12.0 Å². The van der Waals surface area contributed by atoms with Gasteiger partial charge in [-0.15, -0.1) is 0 Å². The number of hydrogen-bond acceptors (Lipinski definition) is 5. The van der Waals surface area contributed by atoms with Gasteiger partial charge < -0.3 is 10.1 Å². The first-order valence-electron chi connectivity index (χ1n) is 5.75. The number of carbonyl (C=O) groups excluding carboxylic acids is 2. The molecule has 0 bridgehead atoms. The van der Waals surface area contributed by atoms with Gasteiger partial charge in [0.1, 0.15) is 11.9 Å². The molecule has 7 nitrogen and oxygen atoms in total. The van der Waals surface area contributed by atoms with Crippen molar-refractivity contribution in [2.75, 3.05) is 7.11 Å². The number of hydrogen-bond donors (Lipinski definition) is 1. The first-order valence-corrected chi connectivity index (χ1v) is 5.75. The Morgan fingerprint density at radius 1 is 1.47 bits per heavy atom. The molecule has 0 saturated heterocycles. The number of nitrogens with one attached hydrogen (secondary N) is 1. The Balaban J connectivity index is 3.06.